The van der Waals surface area contributed by atoms with E-state index in [1.54, 1.807) is 0 Å². The molecule has 0 spiro atoms. The van der Waals surface area contributed by atoms with Gasteiger partial charge in [0.15, 0.2) is 0 Å². The van der Waals surface area contributed by atoms with Gasteiger partial charge in [0.05, 0.1) is 18.5 Å². The fourth-order valence-corrected chi connectivity index (χ4v) is 3.68. The molecule has 1 atom stereocenters. The van der Waals surface area contributed by atoms with Crippen molar-refractivity contribution in [3.8, 4) is 0 Å². The topological polar surface area (TPSA) is 43.2 Å². The van der Waals surface area contributed by atoms with Crippen LogP contribution in [0.5, 0.6) is 0 Å². The first-order valence-corrected chi connectivity index (χ1v) is 9.55. The largest absolute Gasteiger partial charge is 0.369 e. The lowest BCUT2D eigenvalue weighted by atomic mass is 10.1. The molecule has 0 saturated carbocycles. The average Bonchev–Trinajstić information content (AvgIpc) is 3.07. The number of morpholine rings is 1. The van der Waals surface area contributed by atoms with Gasteiger partial charge in [-0.25, -0.2) is 0 Å². The molecule has 3 heterocycles. The van der Waals surface area contributed by atoms with E-state index >= 15 is 0 Å². The van der Waals surface area contributed by atoms with E-state index in [0.717, 1.165) is 48.0 Å². The zero-order valence-electron chi connectivity index (χ0n) is 15.4. The molecule has 0 bridgehead atoms. The quantitative estimate of drug-likeness (QED) is 0.675. The van der Waals surface area contributed by atoms with Gasteiger partial charge in [-0.2, -0.15) is 5.10 Å². The second-order valence-electron chi connectivity index (χ2n) is 6.98. The second kappa shape index (κ2) is 8.21. The minimum absolute atomic E-state index is 0.00488. The molecule has 1 unspecified atom stereocenters. The number of benzene rings is 1. The lowest BCUT2D eigenvalue weighted by molar-refractivity contribution is -0.0350. The van der Waals surface area contributed by atoms with Crippen molar-refractivity contribution < 1.29 is 4.74 Å². The summed E-state index contributed by atoms with van der Waals surface area (Å²) in [6, 6.07) is 14.1. The minimum atomic E-state index is -0.00488. The number of halogens is 1. The first kappa shape index (κ1) is 18.2. The molecular weight excluding hydrogens is 360 g/mol. The number of nitrogens with zero attached hydrogens (tertiary/aromatic N) is 4. The van der Waals surface area contributed by atoms with E-state index in [-0.39, 0.29) is 6.10 Å². The van der Waals surface area contributed by atoms with E-state index in [4.69, 9.17) is 21.3 Å². The fraction of sp³-hybridized carbons (Fsp3) is 0.333. The third kappa shape index (κ3) is 4.75. The Labute approximate surface area is 164 Å². The van der Waals surface area contributed by atoms with Gasteiger partial charge in [-0.15, -0.1) is 0 Å². The van der Waals surface area contributed by atoms with Crippen LogP contribution in [0.4, 0.5) is 0 Å². The van der Waals surface area contributed by atoms with Crippen LogP contribution in [0.15, 0.2) is 54.9 Å². The molecule has 6 heteroatoms. The van der Waals surface area contributed by atoms with Crippen LogP contribution in [0.1, 0.15) is 28.6 Å². The summed E-state index contributed by atoms with van der Waals surface area (Å²) in [4.78, 5) is 7.26. The highest BCUT2D eigenvalue weighted by atomic mass is 35.5. The van der Waals surface area contributed by atoms with Crippen LogP contribution in [-0.2, 0) is 24.8 Å². The van der Waals surface area contributed by atoms with Gasteiger partial charge in [0, 0.05) is 55.6 Å². The number of ether oxygens (including phenoxy) is 1. The van der Waals surface area contributed by atoms with Crippen LogP contribution in [0, 0.1) is 0 Å². The molecule has 27 heavy (non-hydrogen) atoms. The monoisotopic (exact) mass is 382 g/mol. The molecule has 3 aromatic rings. The minimum Gasteiger partial charge on any atom is -0.369 e. The molecule has 1 fully saturated rings. The first-order valence-electron chi connectivity index (χ1n) is 9.17. The number of aryl methyl sites for hydroxylation is 1. The van der Waals surface area contributed by atoms with E-state index in [1.165, 1.54) is 5.56 Å². The van der Waals surface area contributed by atoms with Gasteiger partial charge in [-0.1, -0.05) is 29.8 Å². The fourth-order valence-electron chi connectivity index (χ4n) is 3.47. The first-order chi connectivity index (χ1) is 13.2. The maximum absolute atomic E-state index is 6.10. The van der Waals surface area contributed by atoms with Crippen molar-refractivity contribution >= 4 is 11.6 Å². The third-order valence-corrected chi connectivity index (χ3v) is 4.98. The summed E-state index contributed by atoms with van der Waals surface area (Å²) in [5.41, 5.74) is 4.41. The lowest BCUT2D eigenvalue weighted by Gasteiger charge is -2.32. The molecule has 2 aromatic heterocycles. The molecular formula is C21H23ClN4O. The Morgan fingerprint density at radius 3 is 2.89 bits per heavy atom. The maximum atomic E-state index is 6.10. The van der Waals surface area contributed by atoms with Crippen molar-refractivity contribution in [2.45, 2.75) is 19.1 Å². The summed E-state index contributed by atoms with van der Waals surface area (Å²) < 4.78 is 7.86. The van der Waals surface area contributed by atoms with Gasteiger partial charge < -0.3 is 4.74 Å². The van der Waals surface area contributed by atoms with Gasteiger partial charge >= 0.3 is 0 Å². The van der Waals surface area contributed by atoms with Crippen molar-refractivity contribution in [2.24, 2.45) is 7.05 Å². The van der Waals surface area contributed by atoms with Crippen molar-refractivity contribution in [1.29, 1.82) is 0 Å². The van der Waals surface area contributed by atoms with Crippen LogP contribution in [0.25, 0.3) is 0 Å². The van der Waals surface area contributed by atoms with Crippen molar-refractivity contribution in [3.05, 3.63) is 82.4 Å². The van der Waals surface area contributed by atoms with Crippen LogP contribution < -0.4 is 0 Å². The van der Waals surface area contributed by atoms with Crippen LogP contribution in [0.2, 0.25) is 5.02 Å². The van der Waals surface area contributed by atoms with E-state index < -0.39 is 0 Å². The Morgan fingerprint density at radius 2 is 2.07 bits per heavy atom. The zero-order valence-corrected chi connectivity index (χ0v) is 16.1. The normalized spacial score (nSPS) is 17.9. The van der Waals surface area contributed by atoms with Crippen LogP contribution >= 0.6 is 11.6 Å². The molecule has 0 N–H and O–H groups in total. The Kier molecular flexibility index (Phi) is 5.53. The highest BCUT2D eigenvalue weighted by Gasteiger charge is 2.23. The number of hydrogen-bond donors (Lipinski definition) is 0. The molecule has 0 amide bonds. The van der Waals surface area contributed by atoms with Gasteiger partial charge in [0.25, 0.3) is 0 Å². The maximum Gasteiger partial charge on any atom is 0.112 e. The molecule has 4 rings (SSSR count). The zero-order chi connectivity index (χ0) is 18.6. The third-order valence-electron chi connectivity index (χ3n) is 4.75. The van der Waals surface area contributed by atoms with Crippen LogP contribution in [-0.4, -0.2) is 39.4 Å². The summed E-state index contributed by atoms with van der Waals surface area (Å²) in [7, 11) is 1.95. The lowest BCUT2D eigenvalue weighted by Crippen LogP contribution is -2.38. The summed E-state index contributed by atoms with van der Waals surface area (Å²) >= 11 is 6.10. The highest BCUT2D eigenvalue weighted by molar-refractivity contribution is 6.30. The summed E-state index contributed by atoms with van der Waals surface area (Å²) in [5.74, 6) is 0. The predicted octanol–water partition coefficient (Wildman–Crippen LogP) is 3.63. The molecule has 5 nitrogen and oxygen atoms in total. The molecule has 140 valence electrons. The number of pyridine rings is 1. The standard InChI is InChI=1S/C21H23ClN4O/c1-25-13-17(12-23-25)14-26-8-9-27-21(15-26)20-7-3-6-19(24-20)11-16-4-2-5-18(22)10-16/h2-7,10,12-13,21H,8-9,11,14-15H2,1H3. The van der Waals surface area contributed by atoms with Crippen molar-refractivity contribution in [3.63, 3.8) is 0 Å². The van der Waals surface area contributed by atoms with Gasteiger partial charge in [0.1, 0.15) is 6.10 Å². The molecule has 1 saturated heterocycles. The average molecular weight is 383 g/mol. The number of hydrogen-bond acceptors (Lipinski definition) is 4. The van der Waals surface area contributed by atoms with E-state index in [2.05, 4.69) is 40.5 Å². The summed E-state index contributed by atoms with van der Waals surface area (Å²) in [6.45, 7) is 3.36. The molecule has 1 aliphatic heterocycles. The number of aromatic nitrogens is 3. The Bertz CT molecular complexity index is 910. The molecule has 0 radical (unpaired) electrons. The Balaban J connectivity index is 1.44. The predicted molar refractivity (Wildman–Crippen MR) is 106 cm³/mol. The molecule has 1 aliphatic rings. The smallest absolute Gasteiger partial charge is 0.112 e. The van der Waals surface area contributed by atoms with E-state index in [1.807, 2.05) is 36.1 Å². The van der Waals surface area contributed by atoms with Gasteiger partial charge in [0.2, 0.25) is 0 Å². The van der Waals surface area contributed by atoms with Crippen molar-refractivity contribution in [1.82, 2.24) is 19.7 Å². The van der Waals surface area contributed by atoms with Crippen LogP contribution in [0.3, 0.4) is 0 Å². The van der Waals surface area contributed by atoms with E-state index in [9.17, 15) is 0 Å². The SMILES string of the molecule is Cn1cc(CN2CCOC(c3cccc(Cc4cccc(Cl)c4)n3)C2)cn1. The Morgan fingerprint density at radius 1 is 1.19 bits per heavy atom. The Hall–Kier alpha value is -2.21. The highest BCUT2D eigenvalue weighted by Crippen LogP contribution is 2.23. The summed E-state index contributed by atoms with van der Waals surface area (Å²) in [6.07, 6.45) is 4.75. The molecule has 0 aliphatic carbocycles. The summed E-state index contributed by atoms with van der Waals surface area (Å²) in [5, 5.41) is 5.01. The van der Waals surface area contributed by atoms with Crippen molar-refractivity contribution in [2.75, 3.05) is 19.7 Å². The molecule has 1 aromatic carbocycles. The number of rotatable bonds is 5. The second-order valence-corrected chi connectivity index (χ2v) is 7.41. The van der Waals surface area contributed by atoms with Gasteiger partial charge in [-0.05, 0) is 29.8 Å². The van der Waals surface area contributed by atoms with Gasteiger partial charge in [-0.3, -0.25) is 14.6 Å². The van der Waals surface area contributed by atoms with E-state index in [0.29, 0.717) is 6.61 Å².